The maximum Gasteiger partial charge on any atom is 0.432 e. The van der Waals surface area contributed by atoms with Crippen molar-refractivity contribution in [1.82, 2.24) is 0 Å². The number of benzene rings is 1. The number of ether oxygens (including phenoxy) is 1. The highest BCUT2D eigenvalue weighted by atomic mass is 19.4. The Morgan fingerprint density at radius 3 is 1.93 bits per heavy atom. The molecule has 0 N–H and O–H groups in total. The fraction of sp³-hybridized carbons (Fsp3) is 0.667. The number of hydrogen-bond acceptors (Lipinski definition) is 1. The van der Waals surface area contributed by atoms with E-state index in [1.54, 1.807) is 0 Å². The van der Waals surface area contributed by atoms with E-state index in [1.165, 1.54) is 44.9 Å². The summed E-state index contributed by atoms with van der Waals surface area (Å²) in [6.07, 6.45) is -2.17. The third kappa shape index (κ3) is 6.51. The average molecular weight is 583 g/mol. The zero-order valence-corrected chi connectivity index (χ0v) is 22.4. The molecule has 0 heterocycles. The van der Waals surface area contributed by atoms with E-state index in [4.69, 9.17) is 0 Å². The van der Waals surface area contributed by atoms with Gasteiger partial charge in [0.1, 0.15) is 23.0 Å². The number of alkyl halides is 7. The summed E-state index contributed by atoms with van der Waals surface area (Å²) >= 11 is 0. The monoisotopic (exact) mass is 582 g/mol. The smallest absolute Gasteiger partial charge is 0.429 e. The van der Waals surface area contributed by atoms with Gasteiger partial charge < -0.3 is 4.74 Å². The molecular weight excluding hydrogens is 547 g/mol. The quantitative estimate of drug-likeness (QED) is 0.277. The lowest BCUT2D eigenvalue weighted by atomic mass is 9.68. The molecule has 3 aliphatic rings. The molecule has 0 spiro atoms. The number of allylic oxidation sites excluding steroid dienone is 3. The fourth-order valence-corrected chi connectivity index (χ4v) is 6.61. The van der Waals surface area contributed by atoms with E-state index in [9.17, 15) is 39.5 Å². The fourth-order valence-electron chi connectivity index (χ4n) is 6.61. The molecule has 0 radical (unpaired) electrons. The molecule has 3 aliphatic carbocycles. The van der Waals surface area contributed by atoms with Crippen molar-refractivity contribution in [1.29, 1.82) is 0 Å². The summed E-state index contributed by atoms with van der Waals surface area (Å²) in [6, 6.07) is 1.66. The Hall–Kier alpha value is -2.13. The van der Waals surface area contributed by atoms with Gasteiger partial charge in [-0.1, -0.05) is 39.0 Å². The standard InChI is InChI=1S/C30H35F9O/c1-2-3-4-18-5-7-19(8-6-18)20-9-11-21(12-10-20)22-15-24(31)27(25(32)16-22)29(35,36)40-23-13-14-28(34,26(33)17-23)30(37,38)39/h13-21,26H,2-12H2,1H3. The molecule has 40 heavy (non-hydrogen) atoms. The summed E-state index contributed by atoms with van der Waals surface area (Å²) in [5, 5.41) is 0. The van der Waals surface area contributed by atoms with Crippen LogP contribution in [0.3, 0.4) is 0 Å². The van der Waals surface area contributed by atoms with Gasteiger partial charge in [0, 0.05) is 0 Å². The highest BCUT2D eigenvalue weighted by molar-refractivity contribution is 5.33. The first-order chi connectivity index (χ1) is 18.7. The topological polar surface area (TPSA) is 9.23 Å². The van der Waals surface area contributed by atoms with Crippen LogP contribution in [0.15, 0.2) is 36.1 Å². The maximum atomic E-state index is 14.8. The van der Waals surface area contributed by atoms with Crippen molar-refractivity contribution in [3.05, 3.63) is 58.9 Å². The SMILES string of the molecule is CCCCC1CCC(C2CCC(c3cc(F)c(C(F)(F)OC4=CC(F)C(F)(C(F)(F)F)C=C4)c(F)c3)CC2)CC1. The summed E-state index contributed by atoms with van der Waals surface area (Å²) in [6.45, 7) is 2.20. The molecule has 224 valence electrons. The van der Waals surface area contributed by atoms with Gasteiger partial charge in [-0.05, 0) is 98.1 Å². The van der Waals surface area contributed by atoms with Crippen LogP contribution in [0.1, 0.15) is 94.6 Å². The van der Waals surface area contributed by atoms with Crippen molar-refractivity contribution in [2.45, 2.75) is 108 Å². The Morgan fingerprint density at radius 2 is 1.43 bits per heavy atom. The van der Waals surface area contributed by atoms with E-state index in [0.29, 0.717) is 24.7 Å². The second-order valence-electron chi connectivity index (χ2n) is 11.6. The summed E-state index contributed by atoms with van der Waals surface area (Å²) < 4.78 is 130. The Kier molecular flexibility index (Phi) is 9.25. The first kappa shape index (κ1) is 30.8. The lowest BCUT2D eigenvalue weighted by molar-refractivity contribution is -0.233. The van der Waals surface area contributed by atoms with E-state index in [-0.39, 0.29) is 29.7 Å². The van der Waals surface area contributed by atoms with Crippen LogP contribution in [0.5, 0.6) is 0 Å². The van der Waals surface area contributed by atoms with E-state index in [0.717, 1.165) is 30.9 Å². The van der Waals surface area contributed by atoms with E-state index < -0.39 is 47.1 Å². The largest absolute Gasteiger partial charge is 0.432 e. The zero-order valence-electron chi connectivity index (χ0n) is 22.4. The van der Waals surface area contributed by atoms with Crippen molar-refractivity contribution in [3.8, 4) is 0 Å². The molecule has 4 rings (SSSR count). The predicted octanol–water partition coefficient (Wildman–Crippen LogP) is 10.4. The summed E-state index contributed by atoms with van der Waals surface area (Å²) in [7, 11) is 0. The molecule has 2 atom stereocenters. The maximum absolute atomic E-state index is 14.8. The van der Waals surface area contributed by atoms with Crippen molar-refractivity contribution in [2.75, 3.05) is 0 Å². The van der Waals surface area contributed by atoms with Gasteiger partial charge in [0.25, 0.3) is 5.67 Å². The molecule has 1 aromatic rings. The van der Waals surface area contributed by atoms with Gasteiger partial charge in [-0.15, -0.1) is 0 Å². The van der Waals surface area contributed by atoms with Crippen LogP contribution in [0.25, 0.3) is 0 Å². The minimum absolute atomic E-state index is 0.137. The molecule has 10 heteroatoms. The first-order valence-corrected chi connectivity index (χ1v) is 14.1. The normalized spacial score (nSPS) is 31.6. The molecule has 1 nitrogen and oxygen atoms in total. The lowest BCUT2D eigenvalue weighted by Crippen LogP contribution is -2.47. The van der Waals surface area contributed by atoms with Crippen molar-refractivity contribution < 1.29 is 44.3 Å². The number of hydrogen-bond donors (Lipinski definition) is 0. The average Bonchev–Trinajstić information content (AvgIpc) is 2.88. The van der Waals surface area contributed by atoms with Gasteiger partial charge in [0.05, 0.1) is 0 Å². The van der Waals surface area contributed by atoms with Crippen LogP contribution < -0.4 is 0 Å². The van der Waals surface area contributed by atoms with Gasteiger partial charge in [0.15, 0.2) is 6.17 Å². The Labute approximate surface area is 228 Å². The number of halogens is 9. The van der Waals surface area contributed by atoms with Crippen molar-refractivity contribution in [2.24, 2.45) is 17.8 Å². The molecule has 0 aromatic heterocycles. The Morgan fingerprint density at radius 1 is 0.875 bits per heavy atom. The van der Waals surface area contributed by atoms with Crippen LogP contribution in [0.4, 0.5) is 39.5 Å². The molecule has 0 amide bonds. The Bertz CT molecular complexity index is 1060. The number of unbranched alkanes of at least 4 members (excludes halogenated alkanes) is 1. The zero-order chi connectivity index (χ0) is 29.3. The second-order valence-corrected chi connectivity index (χ2v) is 11.6. The number of rotatable bonds is 8. The van der Waals surface area contributed by atoms with E-state index in [2.05, 4.69) is 11.7 Å². The predicted molar refractivity (Wildman–Crippen MR) is 133 cm³/mol. The Balaban J connectivity index is 1.38. The third-order valence-electron chi connectivity index (χ3n) is 9.01. The highest BCUT2D eigenvalue weighted by Gasteiger charge is 2.60. The van der Waals surface area contributed by atoms with Gasteiger partial charge in [-0.2, -0.15) is 22.0 Å². The lowest BCUT2D eigenvalue weighted by Gasteiger charge is -2.38. The molecular formula is C30H35F9O. The summed E-state index contributed by atoms with van der Waals surface area (Å²) in [5.74, 6) is -2.54. The van der Waals surface area contributed by atoms with Crippen LogP contribution in [-0.2, 0) is 10.8 Å². The first-order valence-electron chi connectivity index (χ1n) is 14.1. The molecule has 1 aromatic carbocycles. The minimum Gasteiger partial charge on any atom is -0.429 e. The molecule has 0 saturated heterocycles. The summed E-state index contributed by atoms with van der Waals surface area (Å²) in [4.78, 5) is 0. The molecule has 2 saturated carbocycles. The molecule has 0 aliphatic heterocycles. The van der Waals surface area contributed by atoms with Crippen LogP contribution in [0.2, 0.25) is 0 Å². The van der Waals surface area contributed by atoms with E-state index >= 15 is 0 Å². The van der Waals surface area contributed by atoms with Gasteiger partial charge in [-0.3, -0.25) is 0 Å². The van der Waals surface area contributed by atoms with E-state index in [1.807, 2.05) is 0 Å². The molecule has 2 fully saturated rings. The van der Waals surface area contributed by atoms with Crippen LogP contribution in [0, 0.1) is 29.4 Å². The second kappa shape index (κ2) is 12.0. The van der Waals surface area contributed by atoms with Crippen LogP contribution in [-0.4, -0.2) is 18.0 Å². The highest BCUT2D eigenvalue weighted by Crippen LogP contribution is 2.47. The third-order valence-corrected chi connectivity index (χ3v) is 9.01. The molecule has 0 bridgehead atoms. The van der Waals surface area contributed by atoms with Gasteiger partial charge in [-0.25, -0.2) is 17.6 Å². The summed E-state index contributed by atoms with van der Waals surface area (Å²) in [5.41, 5.74) is -5.92. The van der Waals surface area contributed by atoms with Crippen molar-refractivity contribution in [3.63, 3.8) is 0 Å². The molecule has 2 unspecified atom stereocenters. The van der Waals surface area contributed by atoms with Gasteiger partial charge in [0.2, 0.25) is 0 Å². The van der Waals surface area contributed by atoms with Gasteiger partial charge >= 0.3 is 12.3 Å². The van der Waals surface area contributed by atoms with Crippen LogP contribution >= 0.6 is 0 Å². The minimum atomic E-state index is -5.64. The van der Waals surface area contributed by atoms with Crippen molar-refractivity contribution >= 4 is 0 Å².